The Hall–Kier alpha value is -2.40. The second kappa shape index (κ2) is 8.81. The first-order valence-electron chi connectivity index (χ1n) is 9.44. The van der Waals surface area contributed by atoms with Crippen LogP contribution >= 0.6 is 0 Å². The average molecular weight is 353 g/mol. The topological polar surface area (TPSA) is 52.7 Å². The summed E-state index contributed by atoms with van der Waals surface area (Å²) < 4.78 is 0. The molecule has 0 unspecified atom stereocenters. The Kier molecular flexibility index (Phi) is 6.23. The molecule has 0 atom stereocenters. The van der Waals surface area contributed by atoms with E-state index in [0.717, 1.165) is 48.8 Å². The number of piperazine rings is 1. The highest BCUT2D eigenvalue weighted by molar-refractivity contribution is 5.98. The molecule has 2 aromatic rings. The van der Waals surface area contributed by atoms with Crippen molar-refractivity contribution < 1.29 is 9.59 Å². The summed E-state index contributed by atoms with van der Waals surface area (Å²) >= 11 is 0. The molecule has 1 fully saturated rings. The van der Waals surface area contributed by atoms with Crippen molar-refractivity contribution in [3.05, 3.63) is 48.0 Å². The van der Waals surface area contributed by atoms with Crippen LogP contribution in [0.4, 0.5) is 0 Å². The molecular formula is C21H27N3O2. The van der Waals surface area contributed by atoms with Gasteiger partial charge in [0.1, 0.15) is 0 Å². The third kappa shape index (κ3) is 4.61. The van der Waals surface area contributed by atoms with Gasteiger partial charge in [0, 0.05) is 38.3 Å². The van der Waals surface area contributed by atoms with Gasteiger partial charge in [0.25, 0.3) is 5.91 Å². The first-order valence-corrected chi connectivity index (χ1v) is 9.44. The zero-order valence-corrected chi connectivity index (χ0v) is 15.4. The number of amides is 2. The number of rotatable bonds is 6. The SMILES string of the molecule is CCCCNC(=O)CN1CCN(C(=O)c2ccc3ccccc3c2)CC1. The van der Waals surface area contributed by atoms with Crippen molar-refractivity contribution >= 4 is 22.6 Å². The summed E-state index contributed by atoms with van der Waals surface area (Å²) in [5.74, 6) is 0.149. The van der Waals surface area contributed by atoms with Crippen molar-refractivity contribution in [2.75, 3.05) is 39.3 Å². The number of nitrogens with one attached hydrogen (secondary N) is 1. The number of carbonyl (C=O) groups is 2. The largest absolute Gasteiger partial charge is 0.355 e. The van der Waals surface area contributed by atoms with Gasteiger partial charge < -0.3 is 10.2 Å². The lowest BCUT2D eigenvalue weighted by Crippen LogP contribution is -2.51. The fourth-order valence-electron chi connectivity index (χ4n) is 3.28. The van der Waals surface area contributed by atoms with Crippen molar-refractivity contribution in [1.29, 1.82) is 0 Å². The Bertz CT molecular complexity index is 767. The minimum absolute atomic E-state index is 0.0720. The highest BCUT2D eigenvalue weighted by Crippen LogP contribution is 2.17. The van der Waals surface area contributed by atoms with Crippen LogP contribution in [0.15, 0.2) is 42.5 Å². The number of nitrogens with zero attached hydrogens (tertiary/aromatic N) is 2. The van der Waals surface area contributed by atoms with Crippen LogP contribution in [0.25, 0.3) is 10.8 Å². The number of hydrogen-bond donors (Lipinski definition) is 1. The number of unbranched alkanes of at least 4 members (excludes halogenated alkanes) is 1. The number of fused-ring (bicyclic) bond motifs is 1. The third-order valence-electron chi connectivity index (χ3n) is 4.88. The van der Waals surface area contributed by atoms with Crippen LogP contribution in [0.3, 0.4) is 0 Å². The summed E-state index contributed by atoms with van der Waals surface area (Å²) in [4.78, 5) is 28.7. The van der Waals surface area contributed by atoms with Crippen LogP contribution in [0.5, 0.6) is 0 Å². The first-order chi connectivity index (χ1) is 12.7. The van der Waals surface area contributed by atoms with Gasteiger partial charge in [0.15, 0.2) is 0 Å². The van der Waals surface area contributed by atoms with Crippen LogP contribution in [0.2, 0.25) is 0 Å². The summed E-state index contributed by atoms with van der Waals surface area (Å²) in [6, 6.07) is 13.9. The maximum absolute atomic E-state index is 12.8. The molecule has 2 aromatic carbocycles. The van der Waals surface area contributed by atoms with Crippen molar-refractivity contribution in [2.24, 2.45) is 0 Å². The molecule has 1 saturated heterocycles. The van der Waals surface area contributed by atoms with Crippen molar-refractivity contribution in [3.63, 3.8) is 0 Å². The lowest BCUT2D eigenvalue weighted by molar-refractivity contribution is -0.122. The Labute approximate surface area is 155 Å². The molecule has 0 radical (unpaired) electrons. The zero-order chi connectivity index (χ0) is 18.4. The molecule has 26 heavy (non-hydrogen) atoms. The van der Waals surface area contributed by atoms with Crippen LogP contribution in [0, 0.1) is 0 Å². The lowest BCUT2D eigenvalue weighted by atomic mass is 10.1. The van der Waals surface area contributed by atoms with Gasteiger partial charge in [-0.2, -0.15) is 0 Å². The molecule has 0 aromatic heterocycles. The monoisotopic (exact) mass is 353 g/mol. The molecule has 0 saturated carbocycles. The minimum atomic E-state index is 0.0720. The number of hydrogen-bond acceptors (Lipinski definition) is 3. The fourth-order valence-corrected chi connectivity index (χ4v) is 3.28. The number of carbonyl (C=O) groups excluding carboxylic acids is 2. The molecule has 138 valence electrons. The predicted molar refractivity (Wildman–Crippen MR) is 104 cm³/mol. The van der Waals surface area contributed by atoms with Crippen LogP contribution < -0.4 is 5.32 Å². The fraction of sp³-hybridized carbons (Fsp3) is 0.429. The molecule has 1 aliphatic rings. The summed E-state index contributed by atoms with van der Waals surface area (Å²) in [7, 11) is 0. The molecule has 0 aliphatic carbocycles. The highest BCUT2D eigenvalue weighted by Gasteiger charge is 2.23. The van der Waals surface area contributed by atoms with Crippen molar-refractivity contribution in [1.82, 2.24) is 15.1 Å². The Morgan fingerprint density at radius 1 is 1.00 bits per heavy atom. The van der Waals surface area contributed by atoms with Crippen molar-refractivity contribution in [3.8, 4) is 0 Å². The Balaban J connectivity index is 1.52. The van der Waals surface area contributed by atoms with E-state index in [9.17, 15) is 9.59 Å². The molecule has 3 rings (SSSR count). The van der Waals surface area contributed by atoms with E-state index in [4.69, 9.17) is 0 Å². The first kappa shape index (κ1) is 18.4. The maximum Gasteiger partial charge on any atom is 0.253 e. The molecule has 5 nitrogen and oxygen atoms in total. The normalized spacial score (nSPS) is 15.2. The van der Waals surface area contributed by atoms with Crippen LogP contribution in [-0.4, -0.2) is 60.9 Å². The van der Waals surface area contributed by atoms with Gasteiger partial charge in [0.05, 0.1) is 6.54 Å². The van der Waals surface area contributed by atoms with Gasteiger partial charge >= 0.3 is 0 Å². The van der Waals surface area contributed by atoms with E-state index in [1.807, 2.05) is 47.4 Å². The molecular weight excluding hydrogens is 326 g/mol. The molecule has 1 N–H and O–H groups in total. The zero-order valence-electron chi connectivity index (χ0n) is 15.4. The average Bonchev–Trinajstić information content (AvgIpc) is 2.68. The van der Waals surface area contributed by atoms with E-state index in [1.165, 1.54) is 0 Å². The van der Waals surface area contributed by atoms with Gasteiger partial charge in [-0.15, -0.1) is 0 Å². The summed E-state index contributed by atoms with van der Waals surface area (Å²) in [6.45, 7) is 6.07. The van der Waals surface area contributed by atoms with E-state index in [0.29, 0.717) is 19.6 Å². The van der Waals surface area contributed by atoms with E-state index >= 15 is 0 Å². The van der Waals surface area contributed by atoms with Gasteiger partial charge in [-0.05, 0) is 29.3 Å². The second-order valence-electron chi connectivity index (χ2n) is 6.83. The van der Waals surface area contributed by atoms with Crippen LogP contribution in [-0.2, 0) is 4.79 Å². The van der Waals surface area contributed by atoms with E-state index in [-0.39, 0.29) is 11.8 Å². The smallest absolute Gasteiger partial charge is 0.253 e. The highest BCUT2D eigenvalue weighted by atomic mass is 16.2. The van der Waals surface area contributed by atoms with Gasteiger partial charge in [0.2, 0.25) is 5.91 Å². The maximum atomic E-state index is 12.8. The summed E-state index contributed by atoms with van der Waals surface area (Å²) in [5.41, 5.74) is 0.731. The molecule has 5 heteroatoms. The quantitative estimate of drug-likeness (QED) is 0.812. The minimum Gasteiger partial charge on any atom is -0.355 e. The second-order valence-corrected chi connectivity index (χ2v) is 6.83. The molecule has 1 heterocycles. The van der Waals surface area contributed by atoms with Gasteiger partial charge in [-0.25, -0.2) is 0 Å². The summed E-state index contributed by atoms with van der Waals surface area (Å²) in [6.07, 6.45) is 2.09. The van der Waals surface area contributed by atoms with Crippen molar-refractivity contribution in [2.45, 2.75) is 19.8 Å². The number of benzene rings is 2. The molecule has 1 aliphatic heterocycles. The van der Waals surface area contributed by atoms with Gasteiger partial charge in [-0.3, -0.25) is 14.5 Å². The van der Waals surface area contributed by atoms with Crippen LogP contribution in [0.1, 0.15) is 30.1 Å². The standard InChI is InChI=1S/C21H27N3O2/c1-2-3-10-22-20(25)16-23-11-13-24(14-12-23)21(26)19-9-8-17-6-4-5-7-18(17)15-19/h4-9,15H,2-3,10-14,16H2,1H3,(H,22,25). The molecule has 2 amide bonds. The van der Waals surface area contributed by atoms with Gasteiger partial charge in [-0.1, -0.05) is 43.7 Å². The Morgan fingerprint density at radius 3 is 2.46 bits per heavy atom. The lowest BCUT2D eigenvalue weighted by Gasteiger charge is -2.34. The van der Waals surface area contributed by atoms with E-state index < -0.39 is 0 Å². The predicted octanol–water partition coefficient (Wildman–Crippen LogP) is 2.51. The van der Waals surface area contributed by atoms with E-state index in [2.05, 4.69) is 17.1 Å². The molecule has 0 bridgehead atoms. The Morgan fingerprint density at radius 2 is 1.73 bits per heavy atom. The summed E-state index contributed by atoms with van der Waals surface area (Å²) in [5, 5.41) is 5.17. The molecule has 0 spiro atoms. The third-order valence-corrected chi connectivity index (χ3v) is 4.88. The van der Waals surface area contributed by atoms with E-state index in [1.54, 1.807) is 0 Å².